The van der Waals surface area contributed by atoms with Crippen molar-refractivity contribution in [1.29, 1.82) is 0 Å². The molecule has 0 amide bonds. The standard InChI is InChI=1S/C17H19NO2/c1-11-5-3-6-12(2)17(11)14-8-4-7-13(9-14)15(18)10-16(19)20/h3-9,15H,10,18H2,1-2H3,(H,19,20)/t15-/m0/s1. The molecule has 0 aliphatic rings. The fraction of sp³-hybridized carbons (Fsp3) is 0.235. The number of nitrogens with two attached hydrogens (primary N) is 1. The first kappa shape index (κ1) is 14.3. The summed E-state index contributed by atoms with van der Waals surface area (Å²) in [6.07, 6.45) is -0.0593. The molecule has 0 aromatic heterocycles. The van der Waals surface area contributed by atoms with Gasteiger partial charge in [0.05, 0.1) is 6.42 Å². The fourth-order valence-electron chi connectivity index (χ4n) is 2.50. The summed E-state index contributed by atoms with van der Waals surface area (Å²) >= 11 is 0. The van der Waals surface area contributed by atoms with Crippen LogP contribution in [0.25, 0.3) is 11.1 Å². The van der Waals surface area contributed by atoms with Crippen LogP contribution >= 0.6 is 0 Å². The van der Waals surface area contributed by atoms with Gasteiger partial charge in [0.2, 0.25) is 0 Å². The summed E-state index contributed by atoms with van der Waals surface area (Å²) in [5.41, 5.74) is 11.5. The Hall–Kier alpha value is -2.13. The van der Waals surface area contributed by atoms with E-state index in [-0.39, 0.29) is 6.42 Å². The number of aryl methyl sites for hydroxylation is 2. The number of carbonyl (C=O) groups is 1. The molecule has 0 bridgehead atoms. The van der Waals surface area contributed by atoms with Crippen molar-refractivity contribution in [2.75, 3.05) is 0 Å². The second kappa shape index (κ2) is 5.88. The molecule has 0 saturated heterocycles. The van der Waals surface area contributed by atoms with Crippen molar-refractivity contribution in [2.24, 2.45) is 5.73 Å². The summed E-state index contributed by atoms with van der Waals surface area (Å²) < 4.78 is 0. The Kier molecular flexibility index (Phi) is 4.20. The number of benzene rings is 2. The van der Waals surface area contributed by atoms with Gasteiger partial charge in [-0.25, -0.2) is 0 Å². The molecule has 1 atom stereocenters. The summed E-state index contributed by atoms with van der Waals surface area (Å²) in [5, 5.41) is 8.84. The minimum atomic E-state index is -0.880. The van der Waals surface area contributed by atoms with Crippen LogP contribution in [0.1, 0.15) is 29.2 Å². The first-order valence-electron chi connectivity index (χ1n) is 6.63. The van der Waals surface area contributed by atoms with Gasteiger partial charge in [0.25, 0.3) is 0 Å². The molecular formula is C17H19NO2. The lowest BCUT2D eigenvalue weighted by atomic mass is 9.93. The van der Waals surface area contributed by atoms with E-state index in [9.17, 15) is 4.79 Å². The van der Waals surface area contributed by atoms with Crippen LogP contribution in [0.3, 0.4) is 0 Å². The van der Waals surface area contributed by atoms with E-state index in [1.165, 1.54) is 16.7 Å². The molecule has 3 heteroatoms. The SMILES string of the molecule is Cc1cccc(C)c1-c1cccc([C@@H](N)CC(=O)O)c1. The van der Waals surface area contributed by atoms with Crippen LogP contribution < -0.4 is 5.73 Å². The lowest BCUT2D eigenvalue weighted by molar-refractivity contribution is -0.137. The predicted octanol–water partition coefficient (Wildman–Crippen LogP) is 3.44. The number of carboxylic acids is 1. The van der Waals surface area contributed by atoms with Gasteiger partial charge in [-0.1, -0.05) is 36.4 Å². The van der Waals surface area contributed by atoms with Gasteiger partial charge in [0.15, 0.2) is 0 Å². The largest absolute Gasteiger partial charge is 0.481 e. The Morgan fingerprint density at radius 3 is 2.35 bits per heavy atom. The van der Waals surface area contributed by atoms with E-state index >= 15 is 0 Å². The molecule has 2 rings (SSSR count). The van der Waals surface area contributed by atoms with Crippen LogP contribution in [0, 0.1) is 13.8 Å². The van der Waals surface area contributed by atoms with E-state index in [0.717, 1.165) is 11.1 Å². The maximum absolute atomic E-state index is 10.8. The van der Waals surface area contributed by atoms with Crippen LogP contribution in [0.15, 0.2) is 42.5 Å². The quantitative estimate of drug-likeness (QED) is 0.893. The third-order valence-corrected chi connectivity index (χ3v) is 3.48. The average molecular weight is 269 g/mol. The highest BCUT2D eigenvalue weighted by atomic mass is 16.4. The van der Waals surface area contributed by atoms with Gasteiger partial charge in [0.1, 0.15) is 0 Å². The number of rotatable bonds is 4. The first-order chi connectivity index (χ1) is 9.49. The van der Waals surface area contributed by atoms with Gasteiger partial charge in [-0.3, -0.25) is 4.79 Å². The van der Waals surface area contributed by atoms with Gasteiger partial charge < -0.3 is 10.8 Å². The zero-order valence-electron chi connectivity index (χ0n) is 11.8. The number of aliphatic carboxylic acids is 1. The molecule has 3 nitrogen and oxygen atoms in total. The smallest absolute Gasteiger partial charge is 0.305 e. The zero-order chi connectivity index (χ0) is 14.7. The van der Waals surface area contributed by atoms with Crippen molar-refractivity contribution < 1.29 is 9.90 Å². The highest BCUT2D eigenvalue weighted by molar-refractivity contribution is 5.72. The van der Waals surface area contributed by atoms with E-state index in [2.05, 4.69) is 26.0 Å². The molecule has 104 valence electrons. The molecule has 0 heterocycles. The summed E-state index contributed by atoms with van der Waals surface area (Å²) in [5.74, 6) is -0.880. The van der Waals surface area contributed by atoms with Crippen molar-refractivity contribution in [3.63, 3.8) is 0 Å². The third kappa shape index (κ3) is 3.06. The highest BCUT2D eigenvalue weighted by Gasteiger charge is 2.12. The van der Waals surface area contributed by atoms with Crippen molar-refractivity contribution in [2.45, 2.75) is 26.3 Å². The summed E-state index contributed by atoms with van der Waals surface area (Å²) in [7, 11) is 0. The van der Waals surface area contributed by atoms with E-state index in [0.29, 0.717) is 0 Å². The minimum absolute atomic E-state index is 0.0593. The molecule has 0 fully saturated rings. The second-order valence-corrected chi connectivity index (χ2v) is 5.10. The van der Waals surface area contributed by atoms with Crippen molar-refractivity contribution >= 4 is 5.97 Å². The zero-order valence-corrected chi connectivity index (χ0v) is 11.8. The summed E-state index contributed by atoms with van der Waals surface area (Å²) in [4.78, 5) is 10.8. The molecule has 0 aliphatic carbocycles. The molecule has 0 saturated carbocycles. The molecular weight excluding hydrogens is 250 g/mol. The Labute approximate surface area is 119 Å². The number of carboxylic acid groups (broad SMARTS) is 1. The maximum Gasteiger partial charge on any atom is 0.305 e. The van der Waals surface area contributed by atoms with Crippen molar-refractivity contribution in [1.82, 2.24) is 0 Å². The van der Waals surface area contributed by atoms with E-state index in [1.807, 2.05) is 30.3 Å². The van der Waals surface area contributed by atoms with Crippen LogP contribution in [-0.4, -0.2) is 11.1 Å². The average Bonchev–Trinajstić information content (AvgIpc) is 2.38. The molecule has 3 N–H and O–H groups in total. The lowest BCUT2D eigenvalue weighted by Gasteiger charge is -2.14. The van der Waals surface area contributed by atoms with Crippen LogP contribution in [-0.2, 0) is 4.79 Å². The van der Waals surface area contributed by atoms with E-state index in [4.69, 9.17) is 10.8 Å². The van der Waals surface area contributed by atoms with E-state index < -0.39 is 12.0 Å². The van der Waals surface area contributed by atoms with Crippen molar-refractivity contribution in [3.05, 3.63) is 59.2 Å². The molecule has 0 radical (unpaired) electrons. The Bertz CT molecular complexity index is 614. The number of hydrogen-bond acceptors (Lipinski definition) is 2. The second-order valence-electron chi connectivity index (χ2n) is 5.10. The molecule has 2 aromatic rings. The predicted molar refractivity (Wildman–Crippen MR) is 80.5 cm³/mol. The Morgan fingerprint density at radius 1 is 1.15 bits per heavy atom. The monoisotopic (exact) mass is 269 g/mol. The normalized spacial score (nSPS) is 12.2. The molecule has 2 aromatic carbocycles. The van der Waals surface area contributed by atoms with Crippen LogP contribution in [0.4, 0.5) is 0 Å². The van der Waals surface area contributed by atoms with Gasteiger partial charge >= 0.3 is 5.97 Å². The fourth-order valence-corrected chi connectivity index (χ4v) is 2.50. The van der Waals surface area contributed by atoms with Gasteiger partial charge in [0, 0.05) is 6.04 Å². The summed E-state index contributed by atoms with van der Waals surface area (Å²) in [6, 6.07) is 13.5. The molecule has 0 unspecified atom stereocenters. The highest BCUT2D eigenvalue weighted by Crippen LogP contribution is 2.29. The van der Waals surface area contributed by atoms with Crippen LogP contribution in [0.2, 0.25) is 0 Å². The van der Waals surface area contributed by atoms with Crippen molar-refractivity contribution in [3.8, 4) is 11.1 Å². The first-order valence-corrected chi connectivity index (χ1v) is 6.63. The molecule has 20 heavy (non-hydrogen) atoms. The Balaban J connectivity index is 2.42. The van der Waals surface area contributed by atoms with Gasteiger partial charge in [-0.2, -0.15) is 0 Å². The van der Waals surface area contributed by atoms with E-state index in [1.54, 1.807) is 0 Å². The van der Waals surface area contributed by atoms with Crippen LogP contribution in [0.5, 0.6) is 0 Å². The number of hydrogen-bond donors (Lipinski definition) is 2. The third-order valence-electron chi connectivity index (χ3n) is 3.48. The lowest BCUT2D eigenvalue weighted by Crippen LogP contribution is -2.14. The molecule has 0 aliphatic heterocycles. The molecule has 0 spiro atoms. The maximum atomic E-state index is 10.8. The van der Waals surface area contributed by atoms with Gasteiger partial charge in [-0.05, 0) is 47.7 Å². The Morgan fingerprint density at radius 2 is 1.75 bits per heavy atom. The van der Waals surface area contributed by atoms with Gasteiger partial charge in [-0.15, -0.1) is 0 Å². The minimum Gasteiger partial charge on any atom is -0.481 e. The summed E-state index contributed by atoms with van der Waals surface area (Å²) in [6.45, 7) is 4.15. The topological polar surface area (TPSA) is 63.3 Å².